The molecule has 5 heteroatoms. The van der Waals surface area contributed by atoms with Crippen LogP contribution in [-0.4, -0.2) is 17.4 Å². The Morgan fingerprint density at radius 3 is 1.69 bits per heavy atom. The van der Waals surface area contributed by atoms with Gasteiger partial charge in [-0.3, -0.25) is 0 Å². The quantitative estimate of drug-likeness (QED) is 0.263. The van der Waals surface area contributed by atoms with E-state index in [4.69, 9.17) is 0 Å². The Labute approximate surface area is 96.5 Å². The topological polar surface area (TPSA) is 73.4 Å². The first-order chi connectivity index (χ1) is 5.29. The molecule has 1 aromatic carbocycles. The number of hydrogen-bond acceptors (Lipinski definition) is 4. The van der Waals surface area contributed by atoms with Gasteiger partial charge in [-0.15, -0.1) is 0 Å². The minimum Gasteiger partial charge on any atom is -0.870 e. The Morgan fingerprint density at radius 1 is 0.923 bits per heavy atom. The second-order valence-electron chi connectivity index (χ2n) is 2.22. The van der Waals surface area contributed by atoms with E-state index >= 15 is 0 Å². The molecule has 0 saturated carbocycles. The second-order valence-corrected chi connectivity index (χ2v) is 2.22. The zero-order valence-corrected chi connectivity index (χ0v) is 8.98. The molecule has 0 aromatic heterocycles. The summed E-state index contributed by atoms with van der Waals surface area (Å²) in [5, 5.41) is 0. The molecule has 1 N–H and O–H groups in total. The summed E-state index contributed by atoms with van der Waals surface area (Å²) in [6.45, 7) is 0. The molecule has 1 aromatic rings. The van der Waals surface area contributed by atoms with E-state index in [0.29, 0.717) is 11.1 Å². The van der Waals surface area contributed by atoms with Crippen molar-refractivity contribution in [2.75, 3.05) is 0 Å². The number of hydrogen-bond donors (Lipinski definition) is 0. The average Bonchev–Trinajstić information content (AvgIpc) is 2.30. The van der Waals surface area contributed by atoms with Gasteiger partial charge in [-0.25, -0.2) is 9.59 Å². The van der Waals surface area contributed by atoms with Crippen LogP contribution in [0.5, 0.6) is 0 Å². The van der Waals surface area contributed by atoms with E-state index in [9.17, 15) is 9.59 Å². The minimum absolute atomic E-state index is 0. The van der Waals surface area contributed by atoms with Gasteiger partial charge in [-0.05, 0) is 12.1 Å². The molecule has 1 aliphatic heterocycles. The van der Waals surface area contributed by atoms with Crippen LogP contribution in [-0.2, 0) is 4.74 Å². The van der Waals surface area contributed by atoms with Crippen molar-refractivity contribution in [3.63, 3.8) is 0 Å². The van der Waals surface area contributed by atoms with Crippen molar-refractivity contribution in [2.45, 2.75) is 0 Å². The van der Waals surface area contributed by atoms with E-state index in [-0.39, 0.29) is 35.0 Å². The first kappa shape index (κ1) is 12.3. The molecule has 1 aliphatic rings. The number of carbonyl (C=O) groups excluding carboxylic acids is 2. The Balaban J connectivity index is 0.000000720. The SMILES string of the molecule is O=C1OC(=O)c2ccccc21.[Na+].[OH-]. The van der Waals surface area contributed by atoms with Crippen molar-refractivity contribution in [2.24, 2.45) is 0 Å². The third kappa shape index (κ3) is 1.97. The van der Waals surface area contributed by atoms with Crippen molar-refractivity contribution >= 4 is 11.9 Å². The molecule has 0 amide bonds. The summed E-state index contributed by atoms with van der Waals surface area (Å²) in [7, 11) is 0. The van der Waals surface area contributed by atoms with Crippen LogP contribution < -0.4 is 29.6 Å². The predicted octanol–water partition coefficient (Wildman–Crippen LogP) is -2.18. The predicted molar refractivity (Wildman–Crippen MR) is 38.1 cm³/mol. The monoisotopic (exact) mass is 188 g/mol. The van der Waals surface area contributed by atoms with E-state index < -0.39 is 11.9 Å². The third-order valence-corrected chi connectivity index (χ3v) is 1.55. The standard InChI is InChI=1S/C8H4O3.Na.H2O/c9-7-5-3-1-2-4-6(5)8(10)11-7;;/h1-4H;;1H2/q;+1;/p-1. The van der Waals surface area contributed by atoms with Crippen LogP contribution in [0.3, 0.4) is 0 Å². The number of carbonyl (C=O) groups is 2. The maximum absolute atomic E-state index is 10.8. The van der Waals surface area contributed by atoms with Crippen molar-refractivity contribution in [1.82, 2.24) is 0 Å². The maximum atomic E-state index is 10.8. The van der Waals surface area contributed by atoms with Gasteiger partial charge in [0.05, 0.1) is 11.1 Å². The summed E-state index contributed by atoms with van der Waals surface area (Å²) in [5.74, 6) is -1.10. The van der Waals surface area contributed by atoms with E-state index in [0.717, 1.165) is 0 Å². The molecule has 0 unspecified atom stereocenters. The van der Waals surface area contributed by atoms with E-state index in [1.807, 2.05) is 0 Å². The molecule has 0 radical (unpaired) electrons. The zero-order valence-electron chi connectivity index (χ0n) is 6.98. The normalized spacial score (nSPS) is 12.3. The molecule has 0 aliphatic carbocycles. The number of benzene rings is 1. The van der Waals surface area contributed by atoms with Crippen LogP contribution >= 0.6 is 0 Å². The van der Waals surface area contributed by atoms with E-state index in [1.54, 1.807) is 24.3 Å². The van der Waals surface area contributed by atoms with Gasteiger partial charge in [0.1, 0.15) is 0 Å². The summed E-state index contributed by atoms with van der Waals surface area (Å²) in [5.41, 5.74) is 0.718. The van der Waals surface area contributed by atoms with Gasteiger partial charge < -0.3 is 10.2 Å². The number of ether oxygens (including phenoxy) is 1. The Hall–Kier alpha value is -0.680. The molecule has 4 nitrogen and oxygen atoms in total. The molecular weight excluding hydrogens is 183 g/mol. The molecule has 13 heavy (non-hydrogen) atoms. The molecule has 0 bridgehead atoms. The van der Waals surface area contributed by atoms with Crippen molar-refractivity contribution in [1.29, 1.82) is 0 Å². The largest absolute Gasteiger partial charge is 1.00 e. The van der Waals surface area contributed by atoms with E-state index in [2.05, 4.69) is 4.74 Å². The first-order valence-corrected chi connectivity index (χ1v) is 3.14. The van der Waals surface area contributed by atoms with Crippen LogP contribution in [0.25, 0.3) is 0 Å². The molecule has 0 atom stereocenters. The molecule has 0 fully saturated rings. The van der Waals surface area contributed by atoms with Gasteiger partial charge in [0.2, 0.25) is 0 Å². The van der Waals surface area contributed by atoms with Crippen molar-refractivity contribution < 1.29 is 49.4 Å². The van der Waals surface area contributed by atoms with Crippen LogP contribution in [0.15, 0.2) is 24.3 Å². The number of cyclic esters (lactones) is 2. The minimum atomic E-state index is -0.550. The molecule has 1 heterocycles. The fourth-order valence-electron chi connectivity index (χ4n) is 1.03. The summed E-state index contributed by atoms with van der Waals surface area (Å²) in [6, 6.07) is 6.53. The van der Waals surface area contributed by atoms with Gasteiger partial charge in [-0.1, -0.05) is 12.1 Å². The van der Waals surface area contributed by atoms with Crippen molar-refractivity contribution in [3.05, 3.63) is 35.4 Å². The third-order valence-electron chi connectivity index (χ3n) is 1.55. The number of fused-ring (bicyclic) bond motifs is 1. The Bertz CT molecular complexity index is 315. The molecule has 2 rings (SSSR count). The summed E-state index contributed by atoms with van der Waals surface area (Å²) >= 11 is 0. The molecule has 62 valence electrons. The fourth-order valence-corrected chi connectivity index (χ4v) is 1.03. The summed E-state index contributed by atoms with van der Waals surface area (Å²) in [6.07, 6.45) is 0. The molecule has 0 spiro atoms. The van der Waals surface area contributed by atoms with Gasteiger partial charge >= 0.3 is 41.5 Å². The van der Waals surface area contributed by atoms with Gasteiger partial charge in [-0.2, -0.15) is 0 Å². The van der Waals surface area contributed by atoms with E-state index in [1.165, 1.54) is 0 Å². The zero-order chi connectivity index (χ0) is 7.84. The van der Waals surface area contributed by atoms with Crippen molar-refractivity contribution in [3.8, 4) is 0 Å². The van der Waals surface area contributed by atoms with Crippen LogP contribution in [0.2, 0.25) is 0 Å². The Morgan fingerprint density at radius 2 is 1.31 bits per heavy atom. The fraction of sp³-hybridized carbons (Fsp3) is 0. The van der Waals surface area contributed by atoms with Crippen LogP contribution in [0.4, 0.5) is 0 Å². The number of esters is 2. The Kier molecular flexibility index (Phi) is 4.29. The number of rotatable bonds is 0. The van der Waals surface area contributed by atoms with Crippen LogP contribution in [0.1, 0.15) is 20.7 Å². The second kappa shape index (κ2) is 4.53. The van der Waals surface area contributed by atoms with Crippen LogP contribution in [0, 0.1) is 0 Å². The first-order valence-electron chi connectivity index (χ1n) is 3.14. The summed E-state index contributed by atoms with van der Waals surface area (Å²) in [4.78, 5) is 21.7. The smallest absolute Gasteiger partial charge is 0.870 e. The van der Waals surface area contributed by atoms with Gasteiger partial charge in [0.15, 0.2) is 0 Å². The summed E-state index contributed by atoms with van der Waals surface area (Å²) < 4.78 is 4.35. The molecular formula is C8H5NaO4. The van der Waals surface area contributed by atoms with Gasteiger partial charge in [0.25, 0.3) is 0 Å². The molecule has 0 saturated heterocycles. The van der Waals surface area contributed by atoms with Gasteiger partial charge in [0, 0.05) is 0 Å². The average molecular weight is 188 g/mol. The maximum Gasteiger partial charge on any atom is 1.00 e.